The molecule has 0 bridgehead atoms. The van der Waals surface area contributed by atoms with Crippen LogP contribution < -0.4 is 0 Å². The van der Waals surface area contributed by atoms with E-state index in [9.17, 15) is 9.18 Å². The molecular weight excluding hydrogens is 223 g/mol. The van der Waals surface area contributed by atoms with E-state index in [2.05, 4.69) is 9.88 Å². The summed E-state index contributed by atoms with van der Waals surface area (Å²) >= 11 is 0. The van der Waals surface area contributed by atoms with E-state index in [0.29, 0.717) is 19.1 Å². The van der Waals surface area contributed by atoms with Crippen molar-refractivity contribution in [1.29, 1.82) is 0 Å². The summed E-state index contributed by atoms with van der Waals surface area (Å²) in [6.07, 6.45) is 5.12. The minimum atomic E-state index is -0.798. The van der Waals surface area contributed by atoms with Crippen LogP contribution in [0, 0.1) is 5.82 Å². The molecule has 1 N–H and O–H groups in total. The van der Waals surface area contributed by atoms with Crippen molar-refractivity contribution >= 4 is 5.97 Å². The molecule has 1 saturated carbocycles. The molecule has 0 aliphatic heterocycles. The number of rotatable bonds is 6. The Bertz CT molecular complexity index is 407. The molecule has 0 spiro atoms. The fourth-order valence-corrected chi connectivity index (χ4v) is 1.85. The number of carboxylic acid groups (broad SMARTS) is 1. The van der Waals surface area contributed by atoms with E-state index in [1.165, 1.54) is 12.3 Å². The lowest BCUT2D eigenvalue weighted by Crippen LogP contribution is -2.28. The van der Waals surface area contributed by atoms with Gasteiger partial charge in [-0.25, -0.2) is 4.39 Å². The molecule has 0 saturated heterocycles. The van der Waals surface area contributed by atoms with E-state index in [0.717, 1.165) is 18.4 Å². The third kappa shape index (κ3) is 3.78. The van der Waals surface area contributed by atoms with Gasteiger partial charge in [0.2, 0.25) is 0 Å². The second-order valence-corrected chi connectivity index (χ2v) is 4.36. The third-order valence-electron chi connectivity index (χ3n) is 2.82. The number of pyridine rings is 1. The first-order valence-corrected chi connectivity index (χ1v) is 5.70. The Balaban J connectivity index is 1.95. The summed E-state index contributed by atoms with van der Waals surface area (Å²) < 4.78 is 13.0. The Morgan fingerprint density at radius 1 is 1.53 bits per heavy atom. The summed E-state index contributed by atoms with van der Waals surface area (Å²) in [5, 5.41) is 8.68. The SMILES string of the molecule is O=C(O)CCN(Cc1cncc(F)c1)C1CC1. The summed E-state index contributed by atoms with van der Waals surface area (Å²) in [6, 6.07) is 1.90. The Labute approximate surface area is 99.1 Å². The summed E-state index contributed by atoms with van der Waals surface area (Å²) in [7, 11) is 0. The molecule has 1 fully saturated rings. The summed E-state index contributed by atoms with van der Waals surface area (Å²) in [5.74, 6) is -1.15. The standard InChI is InChI=1S/C12H15FN2O2/c13-10-5-9(6-14-7-10)8-15(11-1-2-11)4-3-12(16)17/h5-7,11H,1-4,8H2,(H,16,17). The van der Waals surface area contributed by atoms with Gasteiger partial charge in [0.05, 0.1) is 12.6 Å². The topological polar surface area (TPSA) is 53.4 Å². The van der Waals surface area contributed by atoms with Crippen molar-refractivity contribution in [2.24, 2.45) is 0 Å². The van der Waals surface area contributed by atoms with Crippen molar-refractivity contribution in [1.82, 2.24) is 9.88 Å². The molecule has 1 aromatic rings. The Morgan fingerprint density at radius 2 is 2.29 bits per heavy atom. The maximum atomic E-state index is 13.0. The van der Waals surface area contributed by atoms with Crippen LogP contribution in [0.15, 0.2) is 18.5 Å². The van der Waals surface area contributed by atoms with E-state index in [-0.39, 0.29) is 12.2 Å². The van der Waals surface area contributed by atoms with Crippen LogP contribution in [0.2, 0.25) is 0 Å². The highest BCUT2D eigenvalue weighted by molar-refractivity contribution is 5.66. The molecule has 1 aromatic heterocycles. The zero-order valence-corrected chi connectivity index (χ0v) is 9.47. The zero-order valence-electron chi connectivity index (χ0n) is 9.47. The van der Waals surface area contributed by atoms with E-state index < -0.39 is 5.97 Å². The lowest BCUT2D eigenvalue weighted by molar-refractivity contribution is -0.137. The van der Waals surface area contributed by atoms with E-state index in [1.807, 2.05) is 0 Å². The van der Waals surface area contributed by atoms with Gasteiger partial charge in [-0.3, -0.25) is 14.7 Å². The normalized spacial score (nSPS) is 15.2. The molecule has 17 heavy (non-hydrogen) atoms. The van der Waals surface area contributed by atoms with Gasteiger partial charge in [-0.2, -0.15) is 0 Å². The van der Waals surface area contributed by atoms with Crippen LogP contribution in [-0.4, -0.2) is 33.5 Å². The zero-order chi connectivity index (χ0) is 12.3. The number of aromatic nitrogens is 1. The van der Waals surface area contributed by atoms with E-state index in [1.54, 1.807) is 6.20 Å². The van der Waals surface area contributed by atoms with E-state index in [4.69, 9.17) is 5.11 Å². The van der Waals surface area contributed by atoms with Crippen molar-refractivity contribution in [3.63, 3.8) is 0 Å². The molecule has 0 amide bonds. The molecule has 4 nitrogen and oxygen atoms in total. The van der Waals surface area contributed by atoms with Crippen molar-refractivity contribution in [2.75, 3.05) is 6.54 Å². The van der Waals surface area contributed by atoms with Gasteiger partial charge < -0.3 is 5.11 Å². The van der Waals surface area contributed by atoms with Crippen LogP contribution in [0.25, 0.3) is 0 Å². The lowest BCUT2D eigenvalue weighted by atomic mass is 10.2. The number of carbonyl (C=O) groups is 1. The first-order chi connectivity index (χ1) is 8.15. The van der Waals surface area contributed by atoms with Gasteiger partial charge in [-0.15, -0.1) is 0 Å². The molecule has 2 rings (SSSR count). The average molecular weight is 238 g/mol. The number of aliphatic carboxylic acids is 1. The predicted molar refractivity (Wildman–Crippen MR) is 59.9 cm³/mol. The van der Waals surface area contributed by atoms with Crippen LogP contribution in [0.5, 0.6) is 0 Å². The van der Waals surface area contributed by atoms with Gasteiger partial charge >= 0.3 is 5.97 Å². The molecule has 92 valence electrons. The second-order valence-electron chi connectivity index (χ2n) is 4.36. The first kappa shape index (κ1) is 12.0. The van der Waals surface area contributed by atoms with E-state index >= 15 is 0 Å². The second kappa shape index (κ2) is 5.23. The van der Waals surface area contributed by atoms with Crippen molar-refractivity contribution in [3.05, 3.63) is 29.8 Å². The third-order valence-corrected chi connectivity index (χ3v) is 2.82. The quantitative estimate of drug-likeness (QED) is 0.819. The van der Waals surface area contributed by atoms with Crippen molar-refractivity contribution < 1.29 is 14.3 Å². The number of hydrogen-bond donors (Lipinski definition) is 1. The Kier molecular flexibility index (Phi) is 3.68. The molecule has 0 unspecified atom stereocenters. The summed E-state index contributed by atoms with van der Waals surface area (Å²) in [4.78, 5) is 16.4. The molecule has 0 radical (unpaired) electrons. The highest BCUT2D eigenvalue weighted by Gasteiger charge is 2.29. The highest BCUT2D eigenvalue weighted by atomic mass is 19.1. The average Bonchev–Trinajstić information content (AvgIpc) is 3.07. The Morgan fingerprint density at radius 3 is 2.88 bits per heavy atom. The van der Waals surface area contributed by atoms with Crippen LogP contribution in [-0.2, 0) is 11.3 Å². The smallest absolute Gasteiger partial charge is 0.304 e. The molecule has 1 aliphatic rings. The molecule has 1 aliphatic carbocycles. The van der Waals surface area contributed by atoms with Crippen LogP contribution in [0.3, 0.4) is 0 Å². The first-order valence-electron chi connectivity index (χ1n) is 5.70. The summed E-state index contributed by atoms with van der Waals surface area (Å²) in [6.45, 7) is 1.08. The van der Waals surface area contributed by atoms with Gasteiger partial charge in [-0.1, -0.05) is 0 Å². The molecular formula is C12H15FN2O2. The molecule has 0 atom stereocenters. The number of hydrogen-bond acceptors (Lipinski definition) is 3. The molecule has 0 aromatic carbocycles. The minimum absolute atomic E-state index is 0.124. The van der Waals surface area contributed by atoms with Gasteiger partial charge in [-0.05, 0) is 24.5 Å². The Hall–Kier alpha value is -1.49. The summed E-state index contributed by atoms with van der Waals surface area (Å²) in [5.41, 5.74) is 0.794. The maximum Gasteiger partial charge on any atom is 0.304 e. The van der Waals surface area contributed by atoms with Gasteiger partial charge in [0, 0.05) is 25.3 Å². The largest absolute Gasteiger partial charge is 0.481 e. The van der Waals surface area contributed by atoms with Gasteiger partial charge in [0.1, 0.15) is 5.82 Å². The monoisotopic (exact) mass is 238 g/mol. The lowest BCUT2D eigenvalue weighted by Gasteiger charge is -2.20. The van der Waals surface area contributed by atoms with Crippen LogP contribution in [0.1, 0.15) is 24.8 Å². The minimum Gasteiger partial charge on any atom is -0.481 e. The molecule has 5 heteroatoms. The van der Waals surface area contributed by atoms with Gasteiger partial charge in [0.15, 0.2) is 0 Å². The predicted octanol–water partition coefficient (Wildman–Crippen LogP) is 1.66. The van der Waals surface area contributed by atoms with Crippen molar-refractivity contribution in [2.45, 2.75) is 31.8 Å². The number of nitrogens with zero attached hydrogens (tertiary/aromatic N) is 2. The maximum absolute atomic E-state index is 13.0. The highest BCUT2D eigenvalue weighted by Crippen LogP contribution is 2.28. The number of carboxylic acids is 1. The van der Waals surface area contributed by atoms with Crippen molar-refractivity contribution in [3.8, 4) is 0 Å². The van der Waals surface area contributed by atoms with Crippen LogP contribution >= 0.6 is 0 Å². The molecule has 1 heterocycles. The van der Waals surface area contributed by atoms with Gasteiger partial charge in [0.25, 0.3) is 0 Å². The van der Waals surface area contributed by atoms with Crippen LogP contribution in [0.4, 0.5) is 4.39 Å². The number of halogens is 1. The fourth-order valence-electron chi connectivity index (χ4n) is 1.85. The fraction of sp³-hybridized carbons (Fsp3) is 0.500.